The van der Waals surface area contributed by atoms with Crippen LogP contribution in [-0.2, 0) is 0 Å². The average Bonchev–Trinajstić information content (AvgIpc) is 3.02. The molecule has 2 saturated carbocycles. The Morgan fingerprint density at radius 1 is 1.00 bits per heavy atom. The van der Waals surface area contributed by atoms with Crippen molar-refractivity contribution in [2.75, 3.05) is 13.1 Å². The fraction of sp³-hybridized carbons (Fsp3) is 0.909. The lowest BCUT2D eigenvalue weighted by molar-refractivity contribution is 0.0831. The molecule has 3 aliphatic rings. The molecule has 2 aliphatic carbocycles. The van der Waals surface area contributed by atoms with Gasteiger partial charge in [-0.25, -0.2) is 0 Å². The Morgan fingerprint density at radius 2 is 1.74 bits per heavy atom. The van der Waals surface area contributed by atoms with E-state index in [1.54, 1.807) is 0 Å². The fourth-order valence-electron chi connectivity index (χ4n) is 5.54. The van der Waals surface area contributed by atoms with Gasteiger partial charge in [0.1, 0.15) is 0 Å². The van der Waals surface area contributed by atoms with E-state index >= 15 is 0 Å². The topological polar surface area (TPSA) is 3.24 Å². The van der Waals surface area contributed by atoms with E-state index in [2.05, 4.69) is 30.9 Å². The number of nitrogens with zero attached hydrogens (tertiary/aromatic N) is 1. The SMILES string of the molecule is CC(C)C/C=C/CCC[C@H]1C[C@]1(C1CCCC1)N1CCCCC1. The lowest BCUT2D eigenvalue weighted by atomic mass is 9.88. The molecule has 0 unspecified atom stereocenters. The minimum Gasteiger partial charge on any atom is -0.297 e. The molecule has 0 aromatic rings. The van der Waals surface area contributed by atoms with Gasteiger partial charge >= 0.3 is 0 Å². The van der Waals surface area contributed by atoms with Gasteiger partial charge in [-0.1, -0.05) is 45.3 Å². The second kappa shape index (κ2) is 8.19. The van der Waals surface area contributed by atoms with Crippen LogP contribution in [0, 0.1) is 17.8 Å². The summed E-state index contributed by atoms with van der Waals surface area (Å²) >= 11 is 0. The van der Waals surface area contributed by atoms with Crippen LogP contribution in [0.1, 0.15) is 90.9 Å². The van der Waals surface area contributed by atoms with E-state index in [0.717, 1.165) is 17.8 Å². The Kier molecular flexibility index (Phi) is 6.24. The number of piperidine rings is 1. The monoisotopic (exact) mass is 317 g/mol. The standard InChI is InChI=1S/C22H39N/c1-19(2)12-6-3-4-7-15-21-18-22(21,20-13-8-9-14-20)23-16-10-5-11-17-23/h3,6,19-21H,4-5,7-18H2,1-2H3/b6-3+/t21-,22+/m0/s1. The summed E-state index contributed by atoms with van der Waals surface area (Å²) < 4.78 is 0. The summed E-state index contributed by atoms with van der Waals surface area (Å²) in [5.74, 6) is 2.88. The van der Waals surface area contributed by atoms with Crippen molar-refractivity contribution >= 4 is 0 Å². The summed E-state index contributed by atoms with van der Waals surface area (Å²) in [5.41, 5.74) is 0.665. The summed E-state index contributed by atoms with van der Waals surface area (Å²) in [6, 6.07) is 0. The number of hydrogen-bond donors (Lipinski definition) is 0. The molecule has 0 aromatic heterocycles. The second-order valence-electron chi connectivity index (χ2n) is 8.95. The third-order valence-corrected chi connectivity index (χ3v) is 6.82. The molecule has 1 aliphatic heterocycles. The molecule has 0 aromatic carbocycles. The van der Waals surface area contributed by atoms with Crippen molar-refractivity contribution in [3.63, 3.8) is 0 Å². The molecule has 0 radical (unpaired) electrons. The van der Waals surface area contributed by atoms with E-state index in [-0.39, 0.29) is 0 Å². The number of likely N-dealkylation sites (tertiary alicyclic amines) is 1. The highest BCUT2D eigenvalue weighted by Crippen LogP contribution is 2.60. The van der Waals surface area contributed by atoms with Gasteiger partial charge in [-0.2, -0.15) is 0 Å². The van der Waals surface area contributed by atoms with Crippen LogP contribution in [0.2, 0.25) is 0 Å². The van der Waals surface area contributed by atoms with Gasteiger partial charge in [0, 0.05) is 5.54 Å². The lowest BCUT2D eigenvalue weighted by Gasteiger charge is -2.40. The molecule has 1 heterocycles. The molecule has 3 rings (SSSR count). The van der Waals surface area contributed by atoms with Gasteiger partial charge in [-0.05, 0) is 88.6 Å². The Bertz CT molecular complexity index is 373. The summed E-state index contributed by atoms with van der Waals surface area (Å²) in [7, 11) is 0. The second-order valence-corrected chi connectivity index (χ2v) is 8.95. The molecule has 0 N–H and O–H groups in total. The summed E-state index contributed by atoms with van der Waals surface area (Å²) in [6.45, 7) is 7.43. The Hall–Kier alpha value is -0.300. The summed E-state index contributed by atoms with van der Waals surface area (Å²) in [6.07, 6.45) is 22.3. The molecular weight excluding hydrogens is 278 g/mol. The highest BCUT2D eigenvalue weighted by Gasteiger charge is 2.61. The zero-order valence-electron chi connectivity index (χ0n) is 15.7. The minimum absolute atomic E-state index is 0.665. The first-order valence-corrected chi connectivity index (χ1v) is 10.6. The quantitative estimate of drug-likeness (QED) is 0.381. The number of rotatable bonds is 8. The first kappa shape index (κ1) is 17.5. The van der Waals surface area contributed by atoms with Crippen LogP contribution in [0.3, 0.4) is 0 Å². The van der Waals surface area contributed by atoms with Crippen molar-refractivity contribution < 1.29 is 0 Å². The first-order valence-electron chi connectivity index (χ1n) is 10.6. The Morgan fingerprint density at radius 3 is 2.43 bits per heavy atom. The van der Waals surface area contributed by atoms with Gasteiger partial charge in [0.2, 0.25) is 0 Å². The van der Waals surface area contributed by atoms with Crippen molar-refractivity contribution in [2.45, 2.75) is 96.4 Å². The highest BCUT2D eigenvalue weighted by atomic mass is 15.2. The number of allylic oxidation sites excluding steroid dienone is 2. The van der Waals surface area contributed by atoms with Gasteiger partial charge in [-0.15, -0.1) is 0 Å². The lowest BCUT2D eigenvalue weighted by Crippen LogP contribution is -2.46. The molecule has 0 spiro atoms. The smallest absolute Gasteiger partial charge is 0.0269 e. The number of unbranched alkanes of at least 4 members (excludes halogenated alkanes) is 1. The van der Waals surface area contributed by atoms with Crippen LogP contribution < -0.4 is 0 Å². The fourth-order valence-corrected chi connectivity index (χ4v) is 5.54. The Labute approximate surface area is 144 Å². The van der Waals surface area contributed by atoms with Crippen LogP contribution in [0.4, 0.5) is 0 Å². The normalized spacial score (nSPS) is 33.1. The molecule has 1 heteroatoms. The number of hydrogen-bond acceptors (Lipinski definition) is 1. The molecule has 23 heavy (non-hydrogen) atoms. The van der Waals surface area contributed by atoms with E-state index < -0.39 is 0 Å². The maximum Gasteiger partial charge on any atom is 0.0269 e. The van der Waals surface area contributed by atoms with E-state index in [0.29, 0.717) is 5.54 Å². The molecule has 0 amide bonds. The molecule has 1 nitrogen and oxygen atoms in total. The van der Waals surface area contributed by atoms with Crippen LogP contribution in [0.5, 0.6) is 0 Å². The van der Waals surface area contributed by atoms with E-state index in [1.165, 1.54) is 90.1 Å². The molecule has 132 valence electrons. The van der Waals surface area contributed by atoms with Crippen LogP contribution in [-0.4, -0.2) is 23.5 Å². The maximum atomic E-state index is 2.96. The van der Waals surface area contributed by atoms with Crippen molar-refractivity contribution in [1.29, 1.82) is 0 Å². The average molecular weight is 318 g/mol. The van der Waals surface area contributed by atoms with Crippen molar-refractivity contribution in [2.24, 2.45) is 17.8 Å². The zero-order valence-corrected chi connectivity index (χ0v) is 15.7. The maximum absolute atomic E-state index is 2.96. The van der Waals surface area contributed by atoms with E-state index in [1.807, 2.05) is 0 Å². The van der Waals surface area contributed by atoms with Gasteiger partial charge in [0.05, 0.1) is 0 Å². The van der Waals surface area contributed by atoms with Gasteiger partial charge < -0.3 is 0 Å². The predicted molar refractivity (Wildman–Crippen MR) is 101 cm³/mol. The van der Waals surface area contributed by atoms with Gasteiger partial charge in [-0.3, -0.25) is 4.90 Å². The molecule has 2 atom stereocenters. The third kappa shape index (κ3) is 4.21. The predicted octanol–water partition coefficient (Wildman–Crippen LogP) is 6.19. The summed E-state index contributed by atoms with van der Waals surface area (Å²) in [4.78, 5) is 2.96. The van der Waals surface area contributed by atoms with Crippen LogP contribution in [0.15, 0.2) is 12.2 Å². The van der Waals surface area contributed by atoms with Crippen molar-refractivity contribution in [3.05, 3.63) is 12.2 Å². The van der Waals surface area contributed by atoms with Gasteiger partial charge in [0.25, 0.3) is 0 Å². The molecule has 1 saturated heterocycles. The van der Waals surface area contributed by atoms with E-state index in [4.69, 9.17) is 0 Å². The van der Waals surface area contributed by atoms with Crippen LogP contribution >= 0.6 is 0 Å². The largest absolute Gasteiger partial charge is 0.297 e. The Balaban J connectivity index is 1.48. The zero-order chi connectivity index (χ0) is 16.1. The third-order valence-electron chi connectivity index (χ3n) is 6.82. The molecular formula is C22H39N. The molecule has 0 bridgehead atoms. The first-order chi connectivity index (χ1) is 11.2. The van der Waals surface area contributed by atoms with Gasteiger partial charge in [0.15, 0.2) is 0 Å². The highest BCUT2D eigenvalue weighted by molar-refractivity contribution is 5.16. The van der Waals surface area contributed by atoms with Crippen molar-refractivity contribution in [3.8, 4) is 0 Å². The van der Waals surface area contributed by atoms with E-state index in [9.17, 15) is 0 Å². The minimum atomic E-state index is 0.665. The molecule has 3 fully saturated rings. The summed E-state index contributed by atoms with van der Waals surface area (Å²) in [5, 5.41) is 0. The van der Waals surface area contributed by atoms with Crippen molar-refractivity contribution in [1.82, 2.24) is 4.90 Å². The van der Waals surface area contributed by atoms with Crippen LogP contribution in [0.25, 0.3) is 0 Å².